The molecule has 1 amide bonds. The highest BCUT2D eigenvalue weighted by Gasteiger charge is 2.29. The maximum atomic E-state index is 12.0. The maximum absolute atomic E-state index is 12.0. The van der Waals surface area contributed by atoms with Gasteiger partial charge in [0.05, 0.1) is 11.4 Å². The van der Waals surface area contributed by atoms with Crippen LogP contribution in [0, 0.1) is 0 Å². The second-order valence-corrected chi connectivity index (χ2v) is 6.49. The molecule has 1 aliphatic carbocycles. The van der Waals surface area contributed by atoms with Gasteiger partial charge in [-0.25, -0.2) is 0 Å². The van der Waals surface area contributed by atoms with Crippen LogP contribution in [0.15, 0.2) is 38.8 Å². The van der Waals surface area contributed by atoms with Crippen LogP contribution >= 0.6 is 23.5 Å². The number of carbonyl (C=O) groups excluding carboxylic acids is 1. The van der Waals surface area contributed by atoms with Gasteiger partial charge in [0, 0.05) is 10.8 Å². The number of thioether (sulfide) groups is 2. The van der Waals surface area contributed by atoms with Gasteiger partial charge in [-0.15, -0.1) is 22.0 Å². The maximum Gasteiger partial charge on any atom is 0.277 e. The lowest BCUT2D eigenvalue weighted by molar-refractivity contribution is -0.113. The van der Waals surface area contributed by atoms with Gasteiger partial charge in [0.25, 0.3) is 5.22 Å². The van der Waals surface area contributed by atoms with E-state index in [1.54, 1.807) is 11.8 Å². The molecule has 1 fully saturated rings. The van der Waals surface area contributed by atoms with Crippen LogP contribution in [0.3, 0.4) is 0 Å². The van der Waals surface area contributed by atoms with Crippen LogP contribution in [0.1, 0.15) is 24.7 Å². The van der Waals surface area contributed by atoms with Crippen LogP contribution in [0.4, 0.5) is 5.69 Å². The molecule has 0 saturated heterocycles. The lowest BCUT2D eigenvalue weighted by Gasteiger charge is -2.08. The standard InChI is InChI=1S/C14H15N3O2S2/c1-20-11-5-3-2-4-10(11)15-12(18)8-21-14-17-16-13(19-14)9-6-7-9/h2-5,9H,6-8H2,1H3,(H,15,18). The van der Waals surface area contributed by atoms with E-state index in [0.29, 0.717) is 17.0 Å². The van der Waals surface area contributed by atoms with Crippen molar-refractivity contribution < 1.29 is 9.21 Å². The fourth-order valence-corrected chi connectivity index (χ4v) is 2.96. The van der Waals surface area contributed by atoms with Gasteiger partial charge in [0.1, 0.15) is 0 Å². The molecule has 1 aliphatic rings. The molecule has 1 aromatic carbocycles. The van der Waals surface area contributed by atoms with Gasteiger partial charge >= 0.3 is 0 Å². The average Bonchev–Trinajstić information content (AvgIpc) is 3.25. The van der Waals surface area contributed by atoms with Crippen LogP contribution < -0.4 is 5.32 Å². The first-order chi connectivity index (χ1) is 10.3. The normalized spacial score (nSPS) is 14.1. The van der Waals surface area contributed by atoms with Crippen LogP contribution in [0.25, 0.3) is 0 Å². The molecule has 0 radical (unpaired) electrons. The van der Waals surface area contributed by atoms with Crippen molar-refractivity contribution in [2.24, 2.45) is 0 Å². The van der Waals surface area contributed by atoms with E-state index in [2.05, 4.69) is 15.5 Å². The zero-order valence-corrected chi connectivity index (χ0v) is 13.2. The summed E-state index contributed by atoms with van der Waals surface area (Å²) in [6.07, 6.45) is 4.23. The molecule has 2 aromatic rings. The molecule has 0 bridgehead atoms. The minimum Gasteiger partial charge on any atom is -0.416 e. The average molecular weight is 321 g/mol. The highest BCUT2D eigenvalue weighted by atomic mass is 32.2. The molecule has 1 heterocycles. The third-order valence-electron chi connectivity index (χ3n) is 3.06. The Balaban J connectivity index is 1.53. The van der Waals surface area contributed by atoms with E-state index < -0.39 is 0 Å². The lowest BCUT2D eigenvalue weighted by Crippen LogP contribution is -2.14. The molecule has 21 heavy (non-hydrogen) atoms. The Morgan fingerprint density at radius 1 is 1.38 bits per heavy atom. The summed E-state index contributed by atoms with van der Waals surface area (Å²) in [5.74, 6) is 1.32. The van der Waals surface area contributed by atoms with E-state index in [1.165, 1.54) is 11.8 Å². The summed E-state index contributed by atoms with van der Waals surface area (Å²) in [4.78, 5) is 13.0. The fourth-order valence-electron chi connectivity index (χ4n) is 1.84. The van der Waals surface area contributed by atoms with Crippen molar-refractivity contribution in [1.29, 1.82) is 0 Å². The van der Waals surface area contributed by atoms with Crippen molar-refractivity contribution in [3.05, 3.63) is 30.2 Å². The third kappa shape index (κ3) is 3.79. The van der Waals surface area contributed by atoms with Crippen molar-refractivity contribution in [2.45, 2.75) is 28.9 Å². The topological polar surface area (TPSA) is 68.0 Å². The summed E-state index contributed by atoms with van der Waals surface area (Å²) in [7, 11) is 0. The van der Waals surface area contributed by atoms with Crippen LogP contribution in [0.5, 0.6) is 0 Å². The smallest absolute Gasteiger partial charge is 0.277 e. The Labute approximate surface area is 131 Å². The SMILES string of the molecule is CSc1ccccc1NC(=O)CSc1nnc(C2CC2)o1. The van der Waals surface area contributed by atoms with Gasteiger partial charge in [-0.2, -0.15) is 0 Å². The number of nitrogens with zero attached hydrogens (tertiary/aromatic N) is 2. The van der Waals surface area contributed by atoms with Gasteiger partial charge in [-0.05, 0) is 31.2 Å². The summed E-state index contributed by atoms with van der Waals surface area (Å²) in [5, 5.41) is 11.3. The molecule has 3 rings (SSSR count). The zero-order valence-electron chi connectivity index (χ0n) is 11.5. The van der Waals surface area contributed by atoms with Crippen molar-refractivity contribution in [3.8, 4) is 0 Å². The number of para-hydroxylation sites is 1. The number of hydrogen-bond donors (Lipinski definition) is 1. The first-order valence-electron chi connectivity index (χ1n) is 6.65. The summed E-state index contributed by atoms with van der Waals surface area (Å²) >= 11 is 2.87. The van der Waals surface area contributed by atoms with E-state index in [0.717, 1.165) is 23.4 Å². The third-order valence-corrected chi connectivity index (χ3v) is 4.67. The molecule has 1 aromatic heterocycles. The molecule has 1 N–H and O–H groups in total. The zero-order chi connectivity index (χ0) is 14.7. The van der Waals surface area contributed by atoms with Gasteiger partial charge < -0.3 is 9.73 Å². The predicted octanol–water partition coefficient (Wildman–Crippen LogP) is 3.40. The van der Waals surface area contributed by atoms with Gasteiger partial charge in [0.2, 0.25) is 11.8 Å². The largest absolute Gasteiger partial charge is 0.416 e. The molecule has 0 spiro atoms. The molecular weight excluding hydrogens is 306 g/mol. The highest BCUT2D eigenvalue weighted by molar-refractivity contribution is 7.99. The Kier molecular flexibility index (Phi) is 4.50. The van der Waals surface area contributed by atoms with Gasteiger partial charge in [-0.3, -0.25) is 4.79 Å². The molecule has 5 nitrogen and oxygen atoms in total. The quantitative estimate of drug-likeness (QED) is 0.823. The Morgan fingerprint density at radius 2 is 2.19 bits per heavy atom. The monoisotopic (exact) mass is 321 g/mol. The highest BCUT2D eigenvalue weighted by Crippen LogP contribution is 2.39. The van der Waals surface area contributed by atoms with Crippen LogP contribution in [-0.2, 0) is 4.79 Å². The van der Waals surface area contributed by atoms with Crippen molar-refractivity contribution in [3.63, 3.8) is 0 Å². The fraction of sp³-hybridized carbons (Fsp3) is 0.357. The molecular formula is C14H15N3O2S2. The number of rotatable bonds is 6. The van der Waals surface area contributed by atoms with E-state index in [9.17, 15) is 4.79 Å². The summed E-state index contributed by atoms with van der Waals surface area (Å²) < 4.78 is 5.51. The second-order valence-electron chi connectivity index (χ2n) is 4.72. The van der Waals surface area contributed by atoms with Crippen LogP contribution in [-0.4, -0.2) is 28.1 Å². The number of nitrogens with one attached hydrogen (secondary N) is 1. The van der Waals surface area contributed by atoms with E-state index >= 15 is 0 Å². The number of benzene rings is 1. The van der Waals surface area contributed by atoms with E-state index in [-0.39, 0.29) is 11.7 Å². The molecule has 0 aliphatic heterocycles. The minimum absolute atomic E-state index is 0.0762. The summed E-state index contributed by atoms with van der Waals surface area (Å²) in [6, 6.07) is 7.73. The number of carbonyl (C=O) groups is 1. The number of anilines is 1. The van der Waals surface area contributed by atoms with E-state index in [1.807, 2.05) is 30.5 Å². The molecule has 110 valence electrons. The Morgan fingerprint density at radius 3 is 2.95 bits per heavy atom. The minimum atomic E-state index is -0.0762. The number of hydrogen-bond acceptors (Lipinski definition) is 6. The van der Waals surface area contributed by atoms with Gasteiger partial charge in [-0.1, -0.05) is 23.9 Å². The lowest BCUT2D eigenvalue weighted by atomic mass is 10.3. The predicted molar refractivity (Wildman–Crippen MR) is 83.8 cm³/mol. The molecule has 0 atom stereocenters. The first kappa shape index (κ1) is 14.5. The Hall–Kier alpha value is -1.47. The molecule has 7 heteroatoms. The van der Waals surface area contributed by atoms with Gasteiger partial charge in [0.15, 0.2) is 0 Å². The Bertz CT molecular complexity index is 641. The summed E-state index contributed by atoms with van der Waals surface area (Å²) in [6.45, 7) is 0. The molecule has 1 saturated carbocycles. The number of amides is 1. The summed E-state index contributed by atoms with van der Waals surface area (Å²) in [5.41, 5.74) is 0.833. The van der Waals surface area contributed by atoms with Crippen LogP contribution in [0.2, 0.25) is 0 Å². The van der Waals surface area contributed by atoms with Crippen molar-refractivity contribution >= 4 is 35.1 Å². The van der Waals surface area contributed by atoms with Crippen molar-refractivity contribution in [1.82, 2.24) is 10.2 Å². The van der Waals surface area contributed by atoms with Crippen molar-refractivity contribution in [2.75, 3.05) is 17.3 Å². The van der Waals surface area contributed by atoms with E-state index in [4.69, 9.17) is 4.42 Å². The number of aromatic nitrogens is 2. The first-order valence-corrected chi connectivity index (χ1v) is 8.86. The molecule has 0 unspecified atom stereocenters. The second kappa shape index (κ2) is 6.53.